The molecule has 1 N–H and O–H groups in total. The van der Waals surface area contributed by atoms with Crippen LogP contribution >= 0.6 is 0 Å². The zero-order valence-corrected chi connectivity index (χ0v) is 8.19. The van der Waals surface area contributed by atoms with Crippen LogP contribution in [0.1, 0.15) is 6.42 Å². The summed E-state index contributed by atoms with van der Waals surface area (Å²) in [6.07, 6.45) is 0.340. The molecule has 3 nitrogen and oxygen atoms in total. The molecule has 2 rings (SSSR count). The number of nitrogens with zero attached hydrogens (tertiary/aromatic N) is 1. The largest absolute Gasteiger partial charge is 0.396 e. The minimum Gasteiger partial charge on any atom is -0.396 e. The van der Waals surface area contributed by atoms with Crippen molar-refractivity contribution in [3.8, 4) is 0 Å². The van der Waals surface area contributed by atoms with Gasteiger partial charge in [0.05, 0.1) is 0 Å². The molecular weight excluding hydrogens is 197 g/mol. The van der Waals surface area contributed by atoms with Crippen LogP contribution in [0, 0.1) is 11.7 Å². The first-order chi connectivity index (χ1) is 7.20. The molecule has 0 aromatic heterocycles. The minimum absolute atomic E-state index is 0.00242. The van der Waals surface area contributed by atoms with E-state index in [2.05, 4.69) is 0 Å². The highest BCUT2D eigenvalue weighted by Gasteiger charge is 2.29. The number of halogens is 1. The fourth-order valence-corrected chi connectivity index (χ4v) is 1.80. The van der Waals surface area contributed by atoms with E-state index in [0.29, 0.717) is 18.7 Å². The Morgan fingerprint density at radius 3 is 2.93 bits per heavy atom. The van der Waals surface area contributed by atoms with Gasteiger partial charge in [0.1, 0.15) is 5.82 Å². The molecule has 1 heterocycles. The molecule has 0 radical (unpaired) electrons. The van der Waals surface area contributed by atoms with Crippen LogP contribution in [0.5, 0.6) is 0 Å². The summed E-state index contributed by atoms with van der Waals surface area (Å²) in [5, 5.41) is 8.95. The van der Waals surface area contributed by atoms with Gasteiger partial charge in [-0.15, -0.1) is 0 Å². The monoisotopic (exact) mass is 209 g/mol. The molecule has 1 aromatic carbocycles. The van der Waals surface area contributed by atoms with Crippen LogP contribution in [-0.4, -0.2) is 24.2 Å². The number of carbonyl (C=O) groups excluding carboxylic acids is 1. The Balaban J connectivity index is 2.21. The van der Waals surface area contributed by atoms with E-state index < -0.39 is 0 Å². The van der Waals surface area contributed by atoms with E-state index in [1.165, 1.54) is 17.0 Å². The summed E-state index contributed by atoms with van der Waals surface area (Å²) in [6, 6.07) is 5.94. The lowest BCUT2D eigenvalue weighted by Gasteiger charge is -2.16. The van der Waals surface area contributed by atoms with Gasteiger partial charge in [-0.05, 0) is 18.2 Å². The lowest BCUT2D eigenvalue weighted by molar-refractivity contribution is -0.117. The maximum absolute atomic E-state index is 12.9. The summed E-state index contributed by atoms with van der Waals surface area (Å²) < 4.78 is 12.9. The molecule has 1 saturated heterocycles. The normalized spacial score (nSPS) is 21.1. The maximum Gasteiger partial charge on any atom is 0.227 e. The summed E-state index contributed by atoms with van der Waals surface area (Å²) in [7, 11) is 0. The third-order valence-corrected chi connectivity index (χ3v) is 2.58. The van der Waals surface area contributed by atoms with Gasteiger partial charge < -0.3 is 10.0 Å². The highest BCUT2D eigenvalue weighted by atomic mass is 19.1. The van der Waals surface area contributed by atoms with E-state index in [-0.39, 0.29) is 24.2 Å². The van der Waals surface area contributed by atoms with E-state index in [1.807, 2.05) is 0 Å². The third-order valence-electron chi connectivity index (χ3n) is 2.58. The van der Waals surface area contributed by atoms with Crippen molar-refractivity contribution in [1.29, 1.82) is 0 Å². The van der Waals surface area contributed by atoms with Gasteiger partial charge in [-0.2, -0.15) is 0 Å². The molecule has 1 aliphatic heterocycles. The average Bonchev–Trinajstić information content (AvgIpc) is 2.60. The number of aliphatic hydroxyl groups excluding tert-OH is 1. The predicted molar refractivity (Wildman–Crippen MR) is 53.9 cm³/mol. The van der Waals surface area contributed by atoms with Crippen molar-refractivity contribution in [1.82, 2.24) is 0 Å². The summed E-state index contributed by atoms with van der Waals surface area (Å²) in [5.41, 5.74) is 0.566. The number of carbonyl (C=O) groups is 1. The summed E-state index contributed by atoms with van der Waals surface area (Å²) >= 11 is 0. The second-order valence-corrected chi connectivity index (χ2v) is 3.74. The topological polar surface area (TPSA) is 40.5 Å². The molecular formula is C11H12FNO2. The lowest BCUT2D eigenvalue weighted by Crippen LogP contribution is -2.24. The van der Waals surface area contributed by atoms with Gasteiger partial charge >= 0.3 is 0 Å². The average molecular weight is 209 g/mol. The van der Waals surface area contributed by atoms with E-state index >= 15 is 0 Å². The molecule has 1 amide bonds. The van der Waals surface area contributed by atoms with E-state index in [4.69, 9.17) is 5.11 Å². The SMILES string of the molecule is O=C1CC(CO)CN1c1cccc(F)c1. The van der Waals surface area contributed by atoms with Gasteiger partial charge in [0, 0.05) is 31.2 Å². The van der Waals surface area contributed by atoms with Crippen LogP contribution in [-0.2, 0) is 4.79 Å². The Labute approximate surface area is 87.1 Å². The van der Waals surface area contributed by atoms with Crippen molar-refractivity contribution in [2.45, 2.75) is 6.42 Å². The van der Waals surface area contributed by atoms with Crippen LogP contribution < -0.4 is 4.90 Å². The van der Waals surface area contributed by atoms with Crippen LogP contribution in [0.2, 0.25) is 0 Å². The molecule has 80 valence electrons. The van der Waals surface area contributed by atoms with E-state index in [1.54, 1.807) is 12.1 Å². The first kappa shape index (κ1) is 10.1. The second-order valence-electron chi connectivity index (χ2n) is 3.74. The van der Waals surface area contributed by atoms with Gasteiger partial charge in [-0.1, -0.05) is 6.07 Å². The van der Waals surface area contributed by atoms with Crippen LogP contribution in [0.15, 0.2) is 24.3 Å². The summed E-state index contributed by atoms with van der Waals surface area (Å²) in [4.78, 5) is 13.1. The minimum atomic E-state index is -0.354. The molecule has 0 bridgehead atoms. The number of aliphatic hydroxyl groups is 1. The standard InChI is InChI=1S/C11H12FNO2/c12-9-2-1-3-10(5-9)13-6-8(7-14)4-11(13)15/h1-3,5,8,14H,4,6-7H2. The molecule has 0 aliphatic carbocycles. The van der Waals surface area contributed by atoms with Gasteiger partial charge in [-0.25, -0.2) is 4.39 Å². The Kier molecular flexibility index (Phi) is 2.68. The Bertz CT molecular complexity index is 381. The number of benzene rings is 1. The number of anilines is 1. The Morgan fingerprint density at radius 1 is 1.53 bits per heavy atom. The van der Waals surface area contributed by atoms with Crippen molar-refractivity contribution >= 4 is 11.6 Å². The summed E-state index contributed by atoms with van der Waals surface area (Å²) in [5.74, 6) is -0.437. The maximum atomic E-state index is 12.9. The van der Waals surface area contributed by atoms with Gasteiger partial charge in [0.25, 0.3) is 0 Å². The van der Waals surface area contributed by atoms with Crippen molar-refractivity contribution in [3.63, 3.8) is 0 Å². The quantitative estimate of drug-likeness (QED) is 0.794. The van der Waals surface area contributed by atoms with Crippen molar-refractivity contribution in [3.05, 3.63) is 30.1 Å². The molecule has 1 aromatic rings. The number of hydrogen-bond donors (Lipinski definition) is 1. The fraction of sp³-hybridized carbons (Fsp3) is 0.364. The molecule has 4 heteroatoms. The number of hydrogen-bond acceptors (Lipinski definition) is 2. The van der Waals surface area contributed by atoms with Gasteiger partial charge in [0.15, 0.2) is 0 Å². The Hall–Kier alpha value is -1.42. The van der Waals surface area contributed by atoms with E-state index in [0.717, 1.165) is 0 Å². The second kappa shape index (κ2) is 3.98. The predicted octanol–water partition coefficient (Wildman–Crippen LogP) is 1.17. The molecule has 1 aliphatic rings. The van der Waals surface area contributed by atoms with Crippen LogP contribution in [0.3, 0.4) is 0 Å². The first-order valence-corrected chi connectivity index (χ1v) is 4.87. The lowest BCUT2D eigenvalue weighted by atomic mass is 10.1. The van der Waals surface area contributed by atoms with Crippen molar-refractivity contribution < 1.29 is 14.3 Å². The molecule has 0 spiro atoms. The highest BCUT2D eigenvalue weighted by Crippen LogP contribution is 2.24. The van der Waals surface area contributed by atoms with Crippen LogP contribution in [0.25, 0.3) is 0 Å². The van der Waals surface area contributed by atoms with Gasteiger partial charge in [0.2, 0.25) is 5.91 Å². The van der Waals surface area contributed by atoms with Gasteiger partial charge in [-0.3, -0.25) is 4.79 Å². The first-order valence-electron chi connectivity index (χ1n) is 4.87. The number of rotatable bonds is 2. The zero-order valence-electron chi connectivity index (χ0n) is 8.19. The fourth-order valence-electron chi connectivity index (χ4n) is 1.80. The highest BCUT2D eigenvalue weighted by molar-refractivity contribution is 5.95. The zero-order chi connectivity index (χ0) is 10.8. The molecule has 15 heavy (non-hydrogen) atoms. The summed E-state index contributed by atoms with van der Waals surface area (Å²) in [6.45, 7) is 0.469. The van der Waals surface area contributed by atoms with Crippen LogP contribution in [0.4, 0.5) is 10.1 Å². The molecule has 1 fully saturated rings. The smallest absolute Gasteiger partial charge is 0.227 e. The van der Waals surface area contributed by atoms with E-state index in [9.17, 15) is 9.18 Å². The van der Waals surface area contributed by atoms with Crippen molar-refractivity contribution in [2.75, 3.05) is 18.1 Å². The molecule has 0 saturated carbocycles. The van der Waals surface area contributed by atoms with Crippen molar-refractivity contribution in [2.24, 2.45) is 5.92 Å². The Morgan fingerprint density at radius 2 is 2.33 bits per heavy atom. The number of amides is 1. The molecule has 1 unspecified atom stereocenters. The third kappa shape index (κ3) is 1.99. The molecule has 1 atom stereocenters.